The Morgan fingerprint density at radius 1 is 1.06 bits per heavy atom. The van der Waals surface area contributed by atoms with Crippen LogP contribution in [0.2, 0.25) is 0 Å². The van der Waals surface area contributed by atoms with Crippen LogP contribution in [0.15, 0.2) is 53.4 Å². The standard InChI is InChI=1S/C36H42F3N9O3S/c1-7-23-15-24-11-12-27(36(37,38)39)17-30(24)52(50,51)47(19-23)20-26-16-25(10-9-21(26)3)33(35(5,6)40-32(49)18-31-41-44-45-42-31)28-13-14-29-34(22(28)4)43-46-48(29)8-2/h9-14,16-17,23,33H,7-8,15,18-20H2,1-6H3,(H,40,49)(H,41,42,44,45)/t23-,33?/m0/s1. The Morgan fingerprint density at radius 3 is 2.50 bits per heavy atom. The third kappa shape index (κ3) is 7.18. The van der Waals surface area contributed by atoms with Crippen LogP contribution in [0.4, 0.5) is 13.2 Å². The lowest BCUT2D eigenvalue weighted by atomic mass is 9.74. The summed E-state index contributed by atoms with van der Waals surface area (Å²) in [6, 6.07) is 12.8. The molecule has 0 bridgehead atoms. The Kier molecular flexibility index (Phi) is 10.00. The van der Waals surface area contributed by atoms with Gasteiger partial charge in [-0.25, -0.2) is 18.2 Å². The predicted octanol–water partition coefficient (Wildman–Crippen LogP) is 5.64. The zero-order chi connectivity index (χ0) is 37.6. The van der Waals surface area contributed by atoms with Crippen LogP contribution in [0, 0.1) is 19.8 Å². The maximum Gasteiger partial charge on any atom is 0.416 e. The number of benzene rings is 3. The number of fused-ring (bicyclic) bond motifs is 2. The molecule has 52 heavy (non-hydrogen) atoms. The molecule has 3 heterocycles. The van der Waals surface area contributed by atoms with Gasteiger partial charge in [-0.05, 0) is 109 Å². The van der Waals surface area contributed by atoms with E-state index in [0.717, 1.165) is 45.4 Å². The minimum Gasteiger partial charge on any atom is -0.350 e. The smallest absolute Gasteiger partial charge is 0.350 e. The fourth-order valence-corrected chi connectivity index (χ4v) is 9.04. The summed E-state index contributed by atoms with van der Waals surface area (Å²) in [5.74, 6) is -0.554. The van der Waals surface area contributed by atoms with Gasteiger partial charge in [0, 0.05) is 31.1 Å². The lowest BCUT2D eigenvalue weighted by molar-refractivity contribution is -0.137. The van der Waals surface area contributed by atoms with Gasteiger partial charge in [0.2, 0.25) is 15.9 Å². The molecule has 0 fully saturated rings. The molecule has 1 aliphatic heterocycles. The van der Waals surface area contributed by atoms with Crippen molar-refractivity contribution in [1.82, 2.24) is 45.2 Å². The van der Waals surface area contributed by atoms with Crippen molar-refractivity contribution in [3.05, 3.63) is 93.3 Å². The normalized spacial score (nSPS) is 17.1. The highest BCUT2D eigenvalue weighted by Gasteiger charge is 2.39. The van der Waals surface area contributed by atoms with Gasteiger partial charge >= 0.3 is 6.18 Å². The zero-order valence-corrected chi connectivity index (χ0v) is 30.7. The van der Waals surface area contributed by atoms with Crippen LogP contribution in [-0.2, 0) is 46.9 Å². The van der Waals surface area contributed by atoms with Crippen LogP contribution < -0.4 is 5.32 Å². The van der Waals surface area contributed by atoms with E-state index in [1.54, 1.807) is 0 Å². The summed E-state index contributed by atoms with van der Waals surface area (Å²) in [6.45, 7) is 12.4. The fourth-order valence-electron chi connectivity index (χ4n) is 7.29. The van der Waals surface area contributed by atoms with Crippen LogP contribution >= 0.6 is 0 Å². The molecule has 0 saturated carbocycles. The number of aryl methyl sites for hydroxylation is 3. The van der Waals surface area contributed by atoms with Crippen molar-refractivity contribution in [2.75, 3.05) is 6.54 Å². The van der Waals surface area contributed by atoms with Crippen LogP contribution in [0.25, 0.3) is 11.0 Å². The second-order valence-corrected chi connectivity index (χ2v) is 16.0. The number of nitrogens with zero attached hydrogens (tertiary/aromatic N) is 7. The second kappa shape index (κ2) is 14.0. The van der Waals surface area contributed by atoms with E-state index in [4.69, 9.17) is 0 Å². The Bertz CT molecular complexity index is 2220. The zero-order valence-electron chi connectivity index (χ0n) is 29.9. The van der Waals surface area contributed by atoms with E-state index in [-0.39, 0.29) is 36.2 Å². The molecule has 0 aliphatic carbocycles. The SMILES string of the molecule is CC[C@H]1Cc2ccc(C(F)(F)F)cc2S(=O)(=O)N(Cc2cc(C(c3ccc4c(nnn4CC)c3C)C(C)(C)NC(=O)Cc3nnn[nH]3)ccc2C)C1. The number of hydrogen-bond acceptors (Lipinski definition) is 8. The van der Waals surface area contributed by atoms with Gasteiger partial charge in [0.25, 0.3) is 0 Å². The topological polar surface area (TPSA) is 152 Å². The molecular formula is C36H42F3N9O3S. The Morgan fingerprint density at radius 2 is 1.83 bits per heavy atom. The maximum absolute atomic E-state index is 14.2. The second-order valence-electron chi connectivity index (χ2n) is 14.1. The third-order valence-electron chi connectivity index (χ3n) is 10.1. The molecular weight excluding hydrogens is 696 g/mol. The molecule has 1 aliphatic rings. The average Bonchev–Trinajstić information content (AvgIpc) is 3.73. The fraction of sp³-hybridized carbons (Fsp3) is 0.444. The van der Waals surface area contributed by atoms with Gasteiger partial charge < -0.3 is 5.32 Å². The molecule has 2 atom stereocenters. The van der Waals surface area contributed by atoms with E-state index in [0.29, 0.717) is 36.3 Å². The van der Waals surface area contributed by atoms with Crippen molar-refractivity contribution in [3.63, 3.8) is 0 Å². The minimum atomic E-state index is -4.69. The number of amides is 1. The van der Waals surface area contributed by atoms with E-state index in [9.17, 15) is 26.4 Å². The molecule has 0 spiro atoms. The van der Waals surface area contributed by atoms with Crippen LogP contribution in [0.1, 0.15) is 84.8 Å². The lowest BCUT2D eigenvalue weighted by Crippen LogP contribution is -2.49. The first kappa shape index (κ1) is 37.1. The highest BCUT2D eigenvalue weighted by Crippen LogP contribution is 2.40. The first-order valence-corrected chi connectivity index (χ1v) is 18.6. The van der Waals surface area contributed by atoms with Crippen molar-refractivity contribution < 1.29 is 26.4 Å². The summed E-state index contributed by atoms with van der Waals surface area (Å²) in [5.41, 5.74) is 4.16. The Hall–Kier alpha value is -4.70. The number of H-pyrrole nitrogens is 1. The lowest BCUT2D eigenvalue weighted by Gasteiger charge is -2.37. The van der Waals surface area contributed by atoms with Crippen molar-refractivity contribution in [1.29, 1.82) is 0 Å². The number of hydrogen-bond donors (Lipinski definition) is 2. The summed E-state index contributed by atoms with van der Waals surface area (Å²) in [5, 5.41) is 25.5. The minimum absolute atomic E-state index is 0.0466. The molecule has 2 aromatic heterocycles. The van der Waals surface area contributed by atoms with Gasteiger partial charge in [-0.1, -0.05) is 48.9 Å². The molecule has 0 radical (unpaired) electrons. The average molecular weight is 738 g/mol. The van der Waals surface area contributed by atoms with Gasteiger partial charge in [-0.15, -0.1) is 10.2 Å². The van der Waals surface area contributed by atoms with Gasteiger partial charge in [0.15, 0.2) is 5.82 Å². The van der Waals surface area contributed by atoms with Crippen molar-refractivity contribution in [2.45, 2.75) is 96.4 Å². The molecule has 0 saturated heterocycles. The number of rotatable bonds is 10. The van der Waals surface area contributed by atoms with Gasteiger partial charge in [-0.3, -0.25) is 4.79 Å². The molecule has 3 aromatic carbocycles. The van der Waals surface area contributed by atoms with Gasteiger partial charge in [0.1, 0.15) is 5.52 Å². The number of halogens is 3. The largest absolute Gasteiger partial charge is 0.416 e. The van der Waals surface area contributed by atoms with Gasteiger partial charge in [-0.2, -0.15) is 17.5 Å². The molecule has 276 valence electrons. The molecule has 2 N–H and O–H groups in total. The number of carbonyl (C=O) groups is 1. The summed E-state index contributed by atoms with van der Waals surface area (Å²) in [4.78, 5) is 13.1. The van der Waals surface area contributed by atoms with Crippen molar-refractivity contribution in [2.24, 2.45) is 5.92 Å². The first-order chi connectivity index (χ1) is 24.5. The van der Waals surface area contributed by atoms with E-state index < -0.39 is 33.2 Å². The summed E-state index contributed by atoms with van der Waals surface area (Å²) in [7, 11) is -4.31. The number of tetrazole rings is 1. The summed E-state index contributed by atoms with van der Waals surface area (Å²) >= 11 is 0. The molecule has 1 unspecified atom stereocenters. The van der Waals surface area contributed by atoms with E-state index in [1.165, 1.54) is 10.4 Å². The number of carbonyl (C=O) groups excluding carboxylic acids is 1. The number of aromatic amines is 1. The highest BCUT2D eigenvalue weighted by molar-refractivity contribution is 7.89. The predicted molar refractivity (Wildman–Crippen MR) is 188 cm³/mol. The number of alkyl halides is 3. The summed E-state index contributed by atoms with van der Waals surface area (Å²) < 4.78 is 72.8. The van der Waals surface area contributed by atoms with Crippen LogP contribution in [-0.4, -0.2) is 66.3 Å². The third-order valence-corrected chi connectivity index (χ3v) is 12.0. The maximum atomic E-state index is 14.2. The Balaban J connectivity index is 1.44. The van der Waals surface area contributed by atoms with E-state index in [2.05, 4.69) is 36.3 Å². The molecule has 6 rings (SSSR count). The number of nitrogens with one attached hydrogen (secondary N) is 2. The molecule has 1 amide bonds. The van der Waals surface area contributed by atoms with Gasteiger partial charge in [0.05, 0.1) is 22.4 Å². The molecule has 16 heteroatoms. The Labute approximate surface area is 300 Å². The molecule has 5 aromatic rings. The van der Waals surface area contributed by atoms with Crippen molar-refractivity contribution >= 4 is 27.0 Å². The van der Waals surface area contributed by atoms with Crippen LogP contribution in [0.3, 0.4) is 0 Å². The number of sulfonamides is 1. The quantitative estimate of drug-likeness (QED) is 0.187. The molecule has 12 nitrogen and oxygen atoms in total. The summed E-state index contributed by atoms with van der Waals surface area (Å²) in [6.07, 6.45) is -3.76. The van der Waals surface area contributed by atoms with Crippen molar-refractivity contribution in [3.8, 4) is 0 Å². The van der Waals surface area contributed by atoms with Crippen LogP contribution in [0.5, 0.6) is 0 Å². The van der Waals surface area contributed by atoms with E-state index >= 15 is 0 Å². The first-order valence-electron chi connectivity index (χ1n) is 17.2. The highest BCUT2D eigenvalue weighted by atomic mass is 32.2. The monoisotopic (exact) mass is 737 g/mol. The number of aromatic nitrogens is 7. The van der Waals surface area contributed by atoms with E-state index in [1.807, 2.05) is 76.6 Å².